The van der Waals surface area contributed by atoms with Gasteiger partial charge in [0.15, 0.2) is 0 Å². The van der Waals surface area contributed by atoms with Gasteiger partial charge >= 0.3 is 0 Å². The van der Waals surface area contributed by atoms with Crippen LogP contribution in [0.15, 0.2) is 30.5 Å². The van der Waals surface area contributed by atoms with Gasteiger partial charge in [0, 0.05) is 43.7 Å². The lowest BCUT2D eigenvalue weighted by molar-refractivity contribution is -0.0424. The molecule has 11 nitrogen and oxygen atoms in total. The third kappa shape index (κ3) is 6.36. The monoisotopic (exact) mass is 616 g/mol. The number of primary sulfonamides is 1. The smallest absolute Gasteiger partial charge is 0.252 e. The molecule has 0 bridgehead atoms. The number of aryl methyl sites for hydroxylation is 1. The number of aliphatic hydroxyl groups excluding tert-OH is 1. The molecule has 2 aliphatic heterocycles. The topological polar surface area (TPSA) is 143 Å². The van der Waals surface area contributed by atoms with Crippen LogP contribution in [-0.2, 0) is 10.0 Å². The van der Waals surface area contributed by atoms with Crippen LogP contribution in [-0.4, -0.2) is 75.3 Å². The molecule has 43 heavy (non-hydrogen) atoms. The van der Waals surface area contributed by atoms with Gasteiger partial charge in [-0.25, -0.2) is 37.0 Å². The fourth-order valence-corrected chi connectivity index (χ4v) is 7.31. The van der Waals surface area contributed by atoms with Crippen LogP contribution in [0.1, 0.15) is 69.7 Å². The maximum Gasteiger partial charge on any atom is 0.252 e. The Labute approximate surface area is 250 Å². The van der Waals surface area contributed by atoms with Gasteiger partial charge in [0.25, 0.3) is 5.92 Å². The lowest BCUT2D eigenvalue weighted by Crippen LogP contribution is -2.51. The van der Waals surface area contributed by atoms with Crippen molar-refractivity contribution < 1.29 is 22.3 Å². The largest absolute Gasteiger partial charge is 0.387 e. The molecule has 3 fully saturated rings. The lowest BCUT2D eigenvalue weighted by Gasteiger charge is -2.42. The molecule has 3 N–H and O–H groups in total. The first-order valence-corrected chi connectivity index (χ1v) is 16.4. The van der Waals surface area contributed by atoms with E-state index in [1.165, 1.54) is 12.8 Å². The Morgan fingerprint density at radius 1 is 1.02 bits per heavy atom. The highest BCUT2D eigenvalue weighted by molar-refractivity contribution is 7.89. The third-order valence-electron chi connectivity index (χ3n) is 9.11. The van der Waals surface area contributed by atoms with Crippen molar-refractivity contribution in [3.05, 3.63) is 41.7 Å². The van der Waals surface area contributed by atoms with E-state index in [0.717, 1.165) is 37.3 Å². The van der Waals surface area contributed by atoms with E-state index in [0.29, 0.717) is 34.0 Å². The Hall–Kier alpha value is -3.23. The van der Waals surface area contributed by atoms with Crippen LogP contribution < -0.4 is 14.9 Å². The number of hydrogen-bond acceptors (Lipinski definition) is 9. The third-order valence-corrected chi connectivity index (χ3v) is 9.89. The number of aliphatic hydroxyl groups is 1. The Morgan fingerprint density at radius 2 is 1.70 bits per heavy atom. The fourth-order valence-electron chi connectivity index (χ4n) is 6.68. The summed E-state index contributed by atoms with van der Waals surface area (Å²) in [4.78, 5) is 13.4. The lowest BCUT2D eigenvalue weighted by atomic mass is 9.93. The van der Waals surface area contributed by atoms with Crippen molar-refractivity contribution in [2.45, 2.75) is 83.4 Å². The predicted molar refractivity (Wildman–Crippen MR) is 159 cm³/mol. The predicted octanol–water partition coefficient (Wildman–Crippen LogP) is 3.75. The highest BCUT2D eigenvalue weighted by atomic mass is 32.2. The molecule has 2 saturated heterocycles. The first-order valence-electron chi connectivity index (χ1n) is 14.7. The summed E-state index contributed by atoms with van der Waals surface area (Å²) < 4.78 is 53.3. The molecule has 3 aliphatic rings. The molecule has 14 heteroatoms. The standard InChI is InChI=1S/C29H38F2N8O3S/c1-18-12-22(34-27(33-18)39-19(2)14-29(30,31)15-20(39)3)23-16-38(36-35-23)24-5-4-21(26(40)17-43(32,41)42)13-25(24)37-10-8-28(6-7-28)9-11-37/h4-5,12-13,16,19-20,26,40H,6-11,14-15,17H2,1-3H3,(H2,32,41,42)/t19-,20+,26?. The van der Waals surface area contributed by atoms with Crippen molar-refractivity contribution >= 4 is 21.7 Å². The number of halogens is 2. The molecular formula is C29H38F2N8O3S. The summed E-state index contributed by atoms with van der Waals surface area (Å²) in [5.74, 6) is -2.92. The molecule has 1 aromatic carbocycles. The number of nitrogens with zero attached hydrogens (tertiary/aromatic N) is 7. The molecule has 1 aliphatic carbocycles. The Morgan fingerprint density at radius 3 is 2.33 bits per heavy atom. The molecule has 1 spiro atoms. The van der Waals surface area contributed by atoms with Gasteiger partial charge in [-0.1, -0.05) is 11.3 Å². The van der Waals surface area contributed by atoms with Gasteiger partial charge in [-0.15, -0.1) is 5.10 Å². The quantitative estimate of drug-likeness (QED) is 0.406. The second-order valence-corrected chi connectivity index (χ2v) is 14.4. The van der Waals surface area contributed by atoms with Crippen LogP contribution >= 0.6 is 0 Å². The average Bonchev–Trinajstić information content (AvgIpc) is 3.46. The van der Waals surface area contributed by atoms with Crippen LogP contribution in [0.4, 0.5) is 20.4 Å². The number of hydrogen-bond donors (Lipinski definition) is 2. The number of anilines is 2. The highest BCUT2D eigenvalue weighted by Crippen LogP contribution is 2.54. The number of nitrogens with two attached hydrogens (primary N) is 1. The van der Waals surface area contributed by atoms with Crippen LogP contribution in [0.3, 0.4) is 0 Å². The van der Waals surface area contributed by atoms with E-state index in [4.69, 9.17) is 10.1 Å². The minimum absolute atomic E-state index is 0.261. The van der Waals surface area contributed by atoms with Gasteiger partial charge in [-0.05, 0) is 75.6 Å². The minimum atomic E-state index is -3.88. The Bertz CT molecular complexity index is 1600. The van der Waals surface area contributed by atoms with Gasteiger partial charge in [0.1, 0.15) is 5.69 Å². The van der Waals surface area contributed by atoms with Crippen molar-refractivity contribution in [1.29, 1.82) is 0 Å². The number of piperidine rings is 2. The normalized spacial score (nSPS) is 23.9. The summed E-state index contributed by atoms with van der Waals surface area (Å²) in [6.45, 7) is 7.04. The second-order valence-electron chi connectivity index (χ2n) is 12.7. The summed E-state index contributed by atoms with van der Waals surface area (Å²) in [5, 5.41) is 24.6. The van der Waals surface area contributed by atoms with Crippen molar-refractivity contribution in [3.8, 4) is 17.1 Å². The van der Waals surface area contributed by atoms with Crippen molar-refractivity contribution in [1.82, 2.24) is 25.0 Å². The minimum Gasteiger partial charge on any atom is -0.387 e. The summed E-state index contributed by atoms with van der Waals surface area (Å²) in [6.07, 6.45) is 4.62. The SMILES string of the molecule is Cc1cc(-c2cn(-c3ccc(C(O)CS(N)(=O)=O)cc3N3CCC4(CC3)CC4)nn2)nc(N2[C@H](C)CC(F)(F)C[C@@H]2C)n1. The molecule has 1 saturated carbocycles. The summed E-state index contributed by atoms with van der Waals surface area (Å²) in [6, 6.07) is 6.19. The number of alkyl halides is 2. The number of aromatic nitrogens is 5. The van der Waals surface area contributed by atoms with Crippen LogP contribution in [0, 0.1) is 12.3 Å². The molecule has 6 rings (SSSR count). The van der Waals surface area contributed by atoms with Gasteiger partial charge in [0.2, 0.25) is 16.0 Å². The summed E-state index contributed by atoms with van der Waals surface area (Å²) >= 11 is 0. The van der Waals surface area contributed by atoms with E-state index in [1.807, 2.05) is 11.8 Å². The molecule has 232 valence electrons. The Kier molecular flexibility index (Phi) is 7.45. The zero-order valence-electron chi connectivity index (χ0n) is 24.6. The van der Waals surface area contributed by atoms with E-state index in [2.05, 4.69) is 20.2 Å². The number of benzene rings is 1. The average molecular weight is 617 g/mol. The summed E-state index contributed by atoms with van der Waals surface area (Å²) in [5.41, 5.74) is 4.14. The zero-order chi connectivity index (χ0) is 30.7. The van der Waals surface area contributed by atoms with Gasteiger partial charge in [0.05, 0.1) is 35.1 Å². The van der Waals surface area contributed by atoms with Gasteiger partial charge in [-0.3, -0.25) is 0 Å². The van der Waals surface area contributed by atoms with Gasteiger partial charge in [-0.2, -0.15) is 0 Å². The summed E-state index contributed by atoms with van der Waals surface area (Å²) in [7, 11) is -3.88. The number of sulfonamides is 1. The fraction of sp³-hybridized carbons (Fsp3) is 0.586. The first-order chi connectivity index (χ1) is 20.2. The first kappa shape index (κ1) is 29.8. The maximum atomic E-state index is 14.2. The van der Waals surface area contributed by atoms with E-state index in [1.54, 1.807) is 49.0 Å². The van der Waals surface area contributed by atoms with E-state index in [9.17, 15) is 22.3 Å². The van der Waals surface area contributed by atoms with Crippen LogP contribution in [0.25, 0.3) is 17.1 Å². The van der Waals surface area contributed by atoms with E-state index < -0.39 is 39.9 Å². The molecule has 3 atom stereocenters. The molecule has 4 heterocycles. The Balaban J connectivity index is 1.33. The maximum absolute atomic E-state index is 14.2. The molecule has 0 amide bonds. The second kappa shape index (κ2) is 10.7. The molecule has 2 aromatic heterocycles. The highest BCUT2D eigenvalue weighted by Gasteiger charge is 2.45. The van der Waals surface area contributed by atoms with Crippen LogP contribution in [0.2, 0.25) is 0 Å². The van der Waals surface area contributed by atoms with Gasteiger partial charge < -0.3 is 14.9 Å². The van der Waals surface area contributed by atoms with Crippen molar-refractivity contribution in [3.63, 3.8) is 0 Å². The van der Waals surface area contributed by atoms with Crippen LogP contribution in [0.5, 0.6) is 0 Å². The zero-order valence-corrected chi connectivity index (χ0v) is 25.4. The molecule has 3 aromatic rings. The number of rotatable bonds is 7. The molecular weight excluding hydrogens is 578 g/mol. The van der Waals surface area contributed by atoms with Crippen molar-refractivity contribution in [2.24, 2.45) is 10.6 Å². The van der Waals surface area contributed by atoms with Crippen molar-refractivity contribution in [2.75, 3.05) is 28.6 Å². The van der Waals surface area contributed by atoms with E-state index in [-0.39, 0.29) is 12.8 Å². The molecule has 1 unspecified atom stereocenters. The molecule has 0 radical (unpaired) electrons. The van der Waals surface area contributed by atoms with E-state index >= 15 is 0 Å².